The van der Waals surface area contributed by atoms with E-state index in [1.165, 1.54) is 29.2 Å². The third-order valence-corrected chi connectivity index (χ3v) is 4.27. The molecule has 0 aliphatic carbocycles. The predicted octanol–water partition coefficient (Wildman–Crippen LogP) is 4.69. The van der Waals surface area contributed by atoms with Crippen LogP contribution >= 0.6 is 0 Å². The summed E-state index contributed by atoms with van der Waals surface area (Å²) in [5, 5.41) is 13.6. The standard InChI is InChI=1S/C23H29N3O7/c1-23(2,3)33-21(27)24-20(14-15-31-18-12-8-17(9-13-18)26(29)30)16-6-10-19(11-7-16)32-22(28)25(4)5/h6-13,20H,14-15H2,1-5H3,(H,24,27)/t20-/m0/s1. The van der Waals surface area contributed by atoms with Crippen molar-refractivity contribution in [3.05, 3.63) is 64.2 Å². The van der Waals surface area contributed by atoms with Crippen LogP contribution in [0.3, 0.4) is 0 Å². The highest BCUT2D eigenvalue weighted by Crippen LogP contribution is 2.23. The Kier molecular flexibility index (Phi) is 8.61. The van der Waals surface area contributed by atoms with Gasteiger partial charge in [0.15, 0.2) is 0 Å². The van der Waals surface area contributed by atoms with Crippen molar-refractivity contribution in [3.63, 3.8) is 0 Å². The molecule has 0 saturated heterocycles. The van der Waals surface area contributed by atoms with Crippen LogP contribution in [0.5, 0.6) is 11.5 Å². The fourth-order valence-corrected chi connectivity index (χ4v) is 2.69. The van der Waals surface area contributed by atoms with Crippen LogP contribution in [-0.2, 0) is 4.74 Å². The molecule has 2 aromatic rings. The maximum absolute atomic E-state index is 12.4. The number of non-ortho nitro benzene ring substituents is 1. The number of alkyl carbamates (subject to hydrolysis) is 1. The van der Waals surface area contributed by atoms with Crippen LogP contribution < -0.4 is 14.8 Å². The van der Waals surface area contributed by atoms with Crippen LogP contribution in [0.25, 0.3) is 0 Å². The molecule has 0 saturated carbocycles. The molecule has 0 aliphatic heterocycles. The van der Waals surface area contributed by atoms with Gasteiger partial charge in [0.25, 0.3) is 5.69 Å². The SMILES string of the molecule is CN(C)C(=O)Oc1ccc([C@H](CCOc2ccc([N+](=O)[O-])cc2)NC(=O)OC(C)(C)C)cc1. The summed E-state index contributed by atoms with van der Waals surface area (Å²) < 4.78 is 16.3. The zero-order chi connectivity index (χ0) is 24.6. The molecule has 1 N–H and O–H groups in total. The molecule has 0 radical (unpaired) electrons. The molecular weight excluding hydrogens is 430 g/mol. The number of ether oxygens (including phenoxy) is 3. The number of nitro groups is 1. The van der Waals surface area contributed by atoms with Gasteiger partial charge in [-0.05, 0) is 50.6 Å². The highest BCUT2D eigenvalue weighted by atomic mass is 16.6. The van der Waals surface area contributed by atoms with E-state index in [9.17, 15) is 19.7 Å². The summed E-state index contributed by atoms with van der Waals surface area (Å²) >= 11 is 0. The van der Waals surface area contributed by atoms with E-state index in [0.29, 0.717) is 17.9 Å². The molecule has 0 heterocycles. The van der Waals surface area contributed by atoms with Gasteiger partial charge in [0.1, 0.15) is 17.1 Å². The van der Waals surface area contributed by atoms with Gasteiger partial charge >= 0.3 is 12.2 Å². The average Bonchev–Trinajstić information content (AvgIpc) is 2.72. The number of nitrogens with one attached hydrogen (secondary N) is 1. The van der Waals surface area contributed by atoms with E-state index in [0.717, 1.165) is 5.56 Å². The van der Waals surface area contributed by atoms with E-state index in [-0.39, 0.29) is 12.3 Å². The van der Waals surface area contributed by atoms with Gasteiger partial charge in [-0.15, -0.1) is 0 Å². The van der Waals surface area contributed by atoms with Crippen molar-refractivity contribution in [2.75, 3.05) is 20.7 Å². The quantitative estimate of drug-likeness (QED) is 0.449. The largest absolute Gasteiger partial charge is 0.493 e. The predicted molar refractivity (Wildman–Crippen MR) is 121 cm³/mol. The summed E-state index contributed by atoms with van der Waals surface area (Å²) in [5.74, 6) is 0.846. The van der Waals surface area contributed by atoms with E-state index in [2.05, 4.69) is 5.32 Å². The molecule has 2 rings (SSSR count). The van der Waals surface area contributed by atoms with Gasteiger partial charge in [-0.25, -0.2) is 9.59 Å². The number of hydrogen-bond donors (Lipinski definition) is 1. The van der Waals surface area contributed by atoms with Gasteiger partial charge in [-0.2, -0.15) is 0 Å². The van der Waals surface area contributed by atoms with Gasteiger partial charge < -0.3 is 24.4 Å². The number of amides is 2. The van der Waals surface area contributed by atoms with Crippen LogP contribution in [0.2, 0.25) is 0 Å². The number of nitro benzene ring substituents is 1. The first-order valence-electron chi connectivity index (χ1n) is 10.3. The second-order valence-electron chi connectivity index (χ2n) is 8.42. The minimum absolute atomic E-state index is 0.0260. The summed E-state index contributed by atoms with van der Waals surface area (Å²) in [6, 6.07) is 12.1. The fraction of sp³-hybridized carbons (Fsp3) is 0.391. The highest BCUT2D eigenvalue weighted by Gasteiger charge is 2.21. The van der Waals surface area contributed by atoms with E-state index >= 15 is 0 Å². The smallest absolute Gasteiger partial charge is 0.414 e. The van der Waals surface area contributed by atoms with Crippen LogP contribution in [0.1, 0.15) is 38.8 Å². The molecule has 0 spiro atoms. The Labute approximate surface area is 192 Å². The maximum atomic E-state index is 12.4. The lowest BCUT2D eigenvalue weighted by Crippen LogP contribution is -2.35. The molecule has 0 fully saturated rings. The number of nitrogens with zero attached hydrogens (tertiary/aromatic N) is 2. The lowest BCUT2D eigenvalue weighted by Gasteiger charge is -2.24. The molecule has 178 valence electrons. The normalized spacial score (nSPS) is 11.8. The van der Waals surface area contributed by atoms with Gasteiger partial charge in [0.2, 0.25) is 0 Å². The summed E-state index contributed by atoms with van der Waals surface area (Å²) in [4.78, 5) is 35.7. The topological polar surface area (TPSA) is 120 Å². The van der Waals surface area contributed by atoms with E-state index in [1.54, 1.807) is 59.1 Å². The molecule has 1 atom stereocenters. The molecule has 10 nitrogen and oxygen atoms in total. The Bertz CT molecular complexity index is 952. The van der Waals surface area contributed by atoms with Crippen molar-refractivity contribution in [3.8, 4) is 11.5 Å². The van der Waals surface area contributed by atoms with E-state index in [1.807, 2.05) is 0 Å². The van der Waals surface area contributed by atoms with E-state index in [4.69, 9.17) is 14.2 Å². The first-order chi connectivity index (χ1) is 15.4. The molecule has 0 aliphatic rings. The summed E-state index contributed by atoms with van der Waals surface area (Å²) in [6.45, 7) is 5.54. The molecule has 33 heavy (non-hydrogen) atoms. The monoisotopic (exact) mass is 459 g/mol. The average molecular weight is 459 g/mol. The van der Waals surface area contributed by atoms with Crippen molar-refractivity contribution >= 4 is 17.9 Å². The Hall–Kier alpha value is -3.82. The highest BCUT2D eigenvalue weighted by molar-refractivity contribution is 5.70. The van der Waals surface area contributed by atoms with Crippen molar-refractivity contribution in [1.82, 2.24) is 10.2 Å². The second-order valence-corrected chi connectivity index (χ2v) is 8.42. The third kappa shape index (κ3) is 8.68. The molecule has 2 amide bonds. The summed E-state index contributed by atoms with van der Waals surface area (Å²) in [7, 11) is 3.17. The van der Waals surface area contributed by atoms with Crippen LogP contribution in [0.4, 0.5) is 15.3 Å². The van der Waals surface area contributed by atoms with Gasteiger partial charge in [-0.3, -0.25) is 10.1 Å². The zero-order valence-electron chi connectivity index (χ0n) is 19.4. The molecule has 0 aromatic heterocycles. The van der Waals surface area contributed by atoms with Crippen LogP contribution in [0, 0.1) is 10.1 Å². The van der Waals surface area contributed by atoms with E-state index < -0.39 is 28.8 Å². The zero-order valence-corrected chi connectivity index (χ0v) is 19.4. The minimum Gasteiger partial charge on any atom is -0.493 e. The van der Waals surface area contributed by atoms with Crippen LogP contribution in [-0.4, -0.2) is 48.3 Å². The summed E-state index contributed by atoms with van der Waals surface area (Å²) in [5.41, 5.74) is 0.0772. The first-order valence-corrected chi connectivity index (χ1v) is 10.3. The minimum atomic E-state index is -0.659. The van der Waals surface area contributed by atoms with Crippen molar-refractivity contribution in [2.45, 2.75) is 38.8 Å². The molecule has 2 aromatic carbocycles. The summed E-state index contributed by atoms with van der Waals surface area (Å²) in [6.07, 6.45) is -0.679. The molecular formula is C23H29N3O7. The number of rotatable bonds is 8. The van der Waals surface area contributed by atoms with Crippen molar-refractivity contribution in [2.24, 2.45) is 0 Å². The number of carbonyl (C=O) groups is 2. The number of hydrogen-bond acceptors (Lipinski definition) is 7. The Balaban J connectivity index is 2.08. The van der Waals surface area contributed by atoms with Gasteiger partial charge in [0.05, 0.1) is 17.6 Å². The number of benzene rings is 2. The van der Waals surface area contributed by atoms with Gasteiger partial charge in [0, 0.05) is 32.6 Å². The second kappa shape index (κ2) is 11.2. The maximum Gasteiger partial charge on any atom is 0.414 e. The Morgan fingerprint density at radius 2 is 1.61 bits per heavy atom. The fourth-order valence-electron chi connectivity index (χ4n) is 2.69. The van der Waals surface area contributed by atoms with Crippen LogP contribution in [0.15, 0.2) is 48.5 Å². The molecule has 0 bridgehead atoms. The number of carbonyl (C=O) groups excluding carboxylic acids is 2. The lowest BCUT2D eigenvalue weighted by molar-refractivity contribution is -0.384. The first kappa shape index (κ1) is 25.4. The lowest BCUT2D eigenvalue weighted by atomic mass is 10.0. The Morgan fingerprint density at radius 3 is 2.12 bits per heavy atom. The molecule has 10 heteroatoms. The Morgan fingerprint density at radius 1 is 1.03 bits per heavy atom. The molecule has 0 unspecified atom stereocenters. The third-order valence-electron chi connectivity index (χ3n) is 4.27. The van der Waals surface area contributed by atoms with Crippen molar-refractivity contribution in [1.29, 1.82) is 0 Å². The van der Waals surface area contributed by atoms with Gasteiger partial charge in [-0.1, -0.05) is 12.1 Å². The van der Waals surface area contributed by atoms with Crippen molar-refractivity contribution < 1.29 is 28.7 Å².